The predicted octanol–water partition coefficient (Wildman–Crippen LogP) is 0.537. The summed E-state index contributed by atoms with van der Waals surface area (Å²) in [6, 6.07) is 0. The number of alkyl halides is 2. The van der Waals surface area contributed by atoms with Gasteiger partial charge in [-0.15, -0.1) is 23.2 Å². The number of carbonyl (C=O) groups is 3. The van der Waals surface area contributed by atoms with E-state index in [9.17, 15) is 14.4 Å². The van der Waals surface area contributed by atoms with Gasteiger partial charge in [-0.3, -0.25) is 19.3 Å². The van der Waals surface area contributed by atoms with Crippen molar-refractivity contribution in [2.24, 2.45) is 23.7 Å². The van der Waals surface area contributed by atoms with Gasteiger partial charge in [0.15, 0.2) is 0 Å². The number of imide groups is 1. The summed E-state index contributed by atoms with van der Waals surface area (Å²) < 4.78 is 0. The number of carbonyl (C=O) groups excluding carboxylic acids is 2. The van der Waals surface area contributed by atoms with E-state index in [1.807, 2.05) is 0 Å². The lowest BCUT2D eigenvalue weighted by Gasteiger charge is -2.28. The number of carboxylic acid groups (broad SMARTS) is 1. The summed E-state index contributed by atoms with van der Waals surface area (Å²) in [7, 11) is 0. The number of halogens is 2. The van der Waals surface area contributed by atoms with Gasteiger partial charge < -0.3 is 5.11 Å². The molecule has 3 rings (SSSR count). The van der Waals surface area contributed by atoms with Crippen LogP contribution >= 0.6 is 23.2 Å². The summed E-state index contributed by atoms with van der Waals surface area (Å²) in [5.74, 6) is -3.09. The van der Waals surface area contributed by atoms with E-state index in [-0.39, 0.29) is 22.6 Å². The Kier molecular flexibility index (Phi) is 2.61. The molecule has 3 fully saturated rings. The lowest BCUT2D eigenvalue weighted by atomic mass is 9.80. The highest BCUT2D eigenvalue weighted by Gasteiger charge is 2.66. The normalized spacial score (nSPS) is 45.8. The highest BCUT2D eigenvalue weighted by molar-refractivity contribution is 6.31. The fourth-order valence-electron chi connectivity index (χ4n) is 3.70. The van der Waals surface area contributed by atoms with Crippen molar-refractivity contribution in [1.82, 2.24) is 4.90 Å². The molecule has 0 radical (unpaired) electrons. The molecule has 2 saturated carbocycles. The molecule has 1 heterocycles. The van der Waals surface area contributed by atoms with Crippen LogP contribution in [-0.2, 0) is 14.4 Å². The maximum absolute atomic E-state index is 12.1. The van der Waals surface area contributed by atoms with Crippen molar-refractivity contribution < 1.29 is 19.5 Å². The Labute approximate surface area is 113 Å². The number of aliphatic carboxylic acids is 1. The van der Waals surface area contributed by atoms with Gasteiger partial charge in [0.05, 0.1) is 22.6 Å². The first kappa shape index (κ1) is 12.2. The summed E-state index contributed by atoms with van der Waals surface area (Å²) in [6.07, 6.45) is 0.691. The number of carboxylic acids is 1. The fraction of sp³-hybridized carbons (Fsp3) is 0.727. The molecular formula is C11H11Cl2NO4. The van der Waals surface area contributed by atoms with Crippen molar-refractivity contribution >= 4 is 41.0 Å². The molecule has 0 unspecified atom stereocenters. The fourth-order valence-corrected chi connectivity index (χ4v) is 4.59. The summed E-state index contributed by atoms with van der Waals surface area (Å²) in [4.78, 5) is 35.7. The number of amides is 2. The van der Waals surface area contributed by atoms with E-state index >= 15 is 0 Å². The largest absolute Gasteiger partial charge is 0.480 e. The summed E-state index contributed by atoms with van der Waals surface area (Å²) >= 11 is 12.3. The first-order chi connectivity index (χ1) is 8.43. The van der Waals surface area contributed by atoms with Crippen molar-refractivity contribution in [2.45, 2.75) is 17.2 Å². The Morgan fingerprint density at radius 2 is 1.61 bits per heavy atom. The zero-order valence-electron chi connectivity index (χ0n) is 9.25. The van der Waals surface area contributed by atoms with Gasteiger partial charge in [-0.1, -0.05) is 0 Å². The minimum atomic E-state index is -1.19. The van der Waals surface area contributed by atoms with Gasteiger partial charge in [0.25, 0.3) is 0 Å². The Hall–Kier alpha value is -0.810. The van der Waals surface area contributed by atoms with Gasteiger partial charge in [0.1, 0.15) is 6.54 Å². The number of fused-ring (bicyclic) bond motifs is 5. The summed E-state index contributed by atoms with van der Waals surface area (Å²) in [5.41, 5.74) is 0. The molecule has 3 aliphatic rings. The average molecular weight is 292 g/mol. The number of hydrogen-bond donors (Lipinski definition) is 1. The SMILES string of the molecule is O=C(O)CN1C(=O)[C@@H]2[C@H]3C[C@@H]([C@H](Cl)[C@@H]3Cl)[C@@H]2C1=O. The highest BCUT2D eigenvalue weighted by Crippen LogP contribution is 2.59. The van der Waals surface area contributed by atoms with Gasteiger partial charge in [0.2, 0.25) is 11.8 Å². The number of hydrogen-bond acceptors (Lipinski definition) is 3. The van der Waals surface area contributed by atoms with E-state index in [0.717, 1.165) is 4.90 Å². The highest BCUT2D eigenvalue weighted by atomic mass is 35.5. The molecule has 18 heavy (non-hydrogen) atoms. The van der Waals surface area contributed by atoms with Crippen LogP contribution in [0, 0.1) is 23.7 Å². The second kappa shape index (κ2) is 3.84. The Morgan fingerprint density at radius 3 is 2.00 bits per heavy atom. The van der Waals surface area contributed by atoms with E-state index in [1.54, 1.807) is 0 Å². The van der Waals surface area contributed by atoms with Crippen LogP contribution in [0.25, 0.3) is 0 Å². The molecule has 1 N–H and O–H groups in total. The maximum Gasteiger partial charge on any atom is 0.323 e. The molecule has 0 aromatic rings. The molecule has 0 aromatic carbocycles. The number of nitrogens with zero attached hydrogens (tertiary/aromatic N) is 1. The third-order valence-corrected chi connectivity index (χ3v) is 5.69. The predicted molar refractivity (Wildman–Crippen MR) is 62.2 cm³/mol. The Bertz CT molecular complexity index is 422. The summed E-state index contributed by atoms with van der Waals surface area (Å²) in [6.45, 7) is -0.565. The molecule has 7 heteroatoms. The minimum Gasteiger partial charge on any atom is -0.480 e. The van der Waals surface area contributed by atoms with Gasteiger partial charge in [-0.25, -0.2) is 0 Å². The lowest BCUT2D eigenvalue weighted by Crippen LogP contribution is -2.37. The van der Waals surface area contributed by atoms with Crippen molar-refractivity contribution in [2.75, 3.05) is 6.54 Å². The molecular weight excluding hydrogens is 281 g/mol. The second-order valence-corrected chi connectivity index (χ2v) is 6.17. The van der Waals surface area contributed by atoms with Gasteiger partial charge in [-0.05, 0) is 18.3 Å². The standard InChI is InChI=1S/C11H11Cl2NO4/c12-8-3-1-4(9(8)13)7-6(3)10(17)14(11(7)18)2-5(15)16/h3-4,6-9H,1-2H2,(H,15,16)/t3-,4-,6-,7+,8-,9+/m1/s1. The van der Waals surface area contributed by atoms with Gasteiger partial charge in [0, 0.05) is 0 Å². The van der Waals surface area contributed by atoms with Gasteiger partial charge in [-0.2, -0.15) is 0 Å². The van der Waals surface area contributed by atoms with Crippen LogP contribution in [0.2, 0.25) is 0 Å². The van der Waals surface area contributed by atoms with E-state index < -0.39 is 36.2 Å². The molecule has 5 nitrogen and oxygen atoms in total. The molecule has 6 atom stereocenters. The van der Waals surface area contributed by atoms with Crippen LogP contribution in [0.15, 0.2) is 0 Å². The molecule has 1 saturated heterocycles. The van der Waals surface area contributed by atoms with Crippen LogP contribution in [0.3, 0.4) is 0 Å². The van der Waals surface area contributed by atoms with E-state index in [4.69, 9.17) is 28.3 Å². The van der Waals surface area contributed by atoms with Crippen LogP contribution in [0.4, 0.5) is 0 Å². The molecule has 2 aliphatic carbocycles. The molecule has 2 bridgehead atoms. The van der Waals surface area contributed by atoms with Crippen LogP contribution in [0.1, 0.15) is 6.42 Å². The maximum atomic E-state index is 12.1. The topological polar surface area (TPSA) is 74.7 Å². The summed E-state index contributed by atoms with van der Waals surface area (Å²) in [5, 5.41) is 8.11. The monoisotopic (exact) mass is 291 g/mol. The number of rotatable bonds is 2. The van der Waals surface area contributed by atoms with Crippen molar-refractivity contribution in [3.63, 3.8) is 0 Å². The van der Waals surface area contributed by atoms with Crippen LogP contribution in [-0.4, -0.2) is 45.1 Å². The van der Waals surface area contributed by atoms with E-state index in [1.165, 1.54) is 0 Å². The lowest BCUT2D eigenvalue weighted by molar-refractivity contribution is -0.149. The van der Waals surface area contributed by atoms with E-state index in [0.29, 0.717) is 6.42 Å². The van der Waals surface area contributed by atoms with Crippen molar-refractivity contribution in [3.8, 4) is 0 Å². The average Bonchev–Trinajstić information content (AvgIpc) is 2.88. The Balaban J connectivity index is 1.92. The Morgan fingerprint density at radius 1 is 1.17 bits per heavy atom. The first-order valence-corrected chi connectivity index (χ1v) is 6.66. The molecule has 98 valence electrons. The number of likely N-dealkylation sites (tertiary alicyclic amines) is 1. The van der Waals surface area contributed by atoms with Crippen LogP contribution < -0.4 is 0 Å². The molecule has 1 aliphatic heterocycles. The van der Waals surface area contributed by atoms with Gasteiger partial charge >= 0.3 is 5.97 Å². The second-order valence-electron chi connectivity index (χ2n) is 5.16. The van der Waals surface area contributed by atoms with Crippen LogP contribution in [0.5, 0.6) is 0 Å². The molecule has 0 aromatic heterocycles. The third-order valence-electron chi connectivity index (χ3n) is 4.37. The van der Waals surface area contributed by atoms with E-state index in [2.05, 4.69) is 0 Å². The zero-order valence-corrected chi connectivity index (χ0v) is 10.8. The minimum absolute atomic E-state index is 0.0978. The van der Waals surface area contributed by atoms with Crippen molar-refractivity contribution in [3.05, 3.63) is 0 Å². The molecule has 0 spiro atoms. The quantitative estimate of drug-likeness (QED) is 0.595. The first-order valence-electron chi connectivity index (χ1n) is 5.78. The van der Waals surface area contributed by atoms with Crippen molar-refractivity contribution in [1.29, 1.82) is 0 Å². The third kappa shape index (κ3) is 1.37. The zero-order chi connectivity index (χ0) is 13.2. The smallest absolute Gasteiger partial charge is 0.323 e. The molecule has 2 amide bonds.